The Labute approximate surface area is 179 Å². The highest BCUT2D eigenvalue weighted by Gasteiger charge is 2.18. The van der Waals surface area contributed by atoms with Gasteiger partial charge in [-0.3, -0.25) is 0 Å². The summed E-state index contributed by atoms with van der Waals surface area (Å²) in [6.45, 7) is -0.134. The first-order valence-corrected chi connectivity index (χ1v) is 11.1. The second-order valence-corrected chi connectivity index (χ2v) is 8.77. The van der Waals surface area contributed by atoms with Crippen LogP contribution in [0.15, 0.2) is 83.6 Å². The summed E-state index contributed by atoms with van der Waals surface area (Å²) in [7, 11) is 0. The molecule has 2 aromatic carbocycles. The van der Waals surface area contributed by atoms with E-state index in [1.165, 1.54) is 0 Å². The molecule has 7 heteroatoms. The van der Waals surface area contributed by atoms with Crippen molar-refractivity contribution in [3.63, 3.8) is 0 Å². The number of benzene rings is 2. The molecule has 2 heterocycles. The fraction of sp³-hybridized carbons (Fsp3) is 0.0909. The average molecular weight is 418 g/mol. The molecule has 0 aliphatic heterocycles. The number of hydrogen-bond acceptors (Lipinski definition) is 5. The van der Waals surface area contributed by atoms with Crippen LogP contribution in [0.25, 0.3) is 0 Å². The van der Waals surface area contributed by atoms with Crippen LogP contribution >= 0.6 is 22.7 Å². The van der Waals surface area contributed by atoms with Crippen LogP contribution in [0, 0.1) is 0 Å². The largest absolute Gasteiger partial charge is 0.442 e. The maximum Gasteiger partial charge on any atom is 0.369 e. The molecule has 0 fully saturated rings. The fourth-order valence-electron chi connectivity index (χ4n) is 3.10. The molecule has 144 valence electrons. The molecule has 4 rings (SSSR count). The van der Waals surface area contributed by atoms with Crippen LogP contribution in [-0.4, -0.2) is 23.9 Å². The quantitative estimate of drug-likeness (QED) is 0.429. The highest BCUT2D eigenvalue weighted by molar-refractivity contribution is 7.23. The second-order valence-electron chi connectivity index (χ2n) is 6.81. The molecular weight excluding hydrogens is 398 g/mol. The predicted octanol–water partition coefficient (Wildman–Crippen LogP) is 1.72. The minimum atomic E-state index is -0.576. The van der Waals surface area contributed by atoms with Crippen LogP contribution in [0.2, 0.25) is 0 Å². The zero-order valence-electron chi connectivity index (χ0n) is 15.8. The maximum atomic E-state index is 10.4. The van der Waals surface area contributed by atoms with Crippen molar-refractivity contribution in [3.05, 3.63) is 94.7 Å². The lowest BCUT2D eigenvalue weighted by atomic mass is 9.60. The Morgan fingerprint density at radius 3 is 1.38 bits per heavy atom. The van der Waals surface area contributed by atoms with E-state index < -0.39 is 13.8 Å². The Morgan fingerprint density at radius 1 is 0.621 bits per heavy atom. The first-order valence-electron chi connectivity index (χ1n) is 9.39. The van der Waals surface area contributed by atoms with E-state index in [2.05, 4.69) is 0 Å². The van der Waals surface area contributed by atoms with E-state index in [0.717, 1.165) is 31.6 Å². The van der Waals surface area contributed by atoms with Crippen molar-refractivity contribution in [2.45, 2.75) is 13.2 Å². The summed E-state index contributed by atoms with van der Waals surface area (Å²) in [5, 5.41) is 24.7. The van der Waals surface area contributed by atoms with Crippen molar-refractivity contribution >= 4 is 57.0 Å². The summed E-state index contributed by atoms with van der Waals surface area (Å²) in [5.74, 6) is 0. The molecule has 2 N–H and O–H groups in total. The standard InChI is InChI=1S/C22H20B2O3S2/c25-23(21-3-1-13-28-21)19-9-5-17(6-10-19)15-27-16-18-7-11-20(12-8-18)24(26)22-4-2-14-29-22/h1-14,25-26H,15-16H2. The molecule has 0 unspecified atom stereocenters. The van der Waals surface area contributed by atoms with Crippen molar-refractivity contribution in [3.8, 4) is 0 Å². The van der Waals surface area contributed by atoms with Gasteiger partial charge in [0.15, 0.2) is 0 Å². The summed E-state index contributed by atoms with van der Waals surface area (Å²) < 4.78 is 7.72. The van der Waals surface area contributed by atoms with Gasteiger partial charge in [0.1, 0.15) is 0 Å². The van der Waals surface area contributed by atoms with E-state index in [0.29, 0.717) is 13.2 Å². The van der Waals surface area contributed by atoms with Crippen molar-refractivity contribution in [1.29, 1.82) is 0 Å². The van der Waals surface area contributed by atoms with Crippen LogP contribution in [0.5, 0.6) is 0 Å². The number of thiophene rings is 2. The molecule has 0 bridgehead atoms. The highest BCUT2D eigenvalue weighted by Crippen LogP contribution is 2.06. The van der Waals surface area contributed by atoms with Gasteiger partial charge in [0, 0.05) is 9.55 Å². The van der Waals surface area contributed by atoms with Crippen LogP contribution in [0.1, 0.15) is 11.1 Å². The third kappa shape index (κ3) is 5.07. The van der Waals surface area contributed by atoms with Crippen LogP contribution in [-0.2, 0) is 18.0 Å². The van der Waals surface area contributed by atoms with Gasteiger partial charge in [-0.25, -0.2) is 0 Å². The third-order valence-electron chi connectivity index (χ3n) is 4.75. The second kappa shape index (κ2) is 9.57. The zero-order valence-corrected chi connectivity index (χ0v) is 17.4. The molecule has 0 spiro atoms. The SMILES string of the molecule is OB(c1ccc(COCc2ccc(B(O)c3cccs3)cc2)cc1)c1cccs1. The van der Waals surface area contributed by atoms with Crippen LogP contribution < -0.4 is 20.5 Å². The summed E-state index contributed by atoms with van der Waals surface area (Å²) in [4.78, 5) is 0. The van der Waals surface area contributed by atoms with Gasteiger partial charge in [0.2, 0.25) is 0 Å². The Balaban J connectivity index is 1.29. The van der Waals surface area contributed by atoms with E-state index in [9.17, 15) is 10.0 Å². The van der Waals surface area contributed by atoms with Gasteiger partial charge >= 0.3 is 13.8 Å². The molecule has 0 amide bonds. The molecule has 0 saturated heterocycles. The Morgan fingerprint density at radius 2 is 1.03 bits per heavy atom. The van der Waals surface area contributed by atoms with E-state index in [1.54, 1.807) is 22.7 Å². The monoisotopic (exact) mass is 418 g/mol. The van der Waals surface area contributed by atoms with E-state index >= 15 is 0 Å². The first-order chi connectivity index (χ1) is 14.2. The normalized spacial score (nSPS) is 10.8. The van der Waals surface area contributed by atoms with Gasteiger partial charge < -0.3 is 14.8 Å². The third-order valence-corrected chi connectivity index (χ3v) is 6.60. The van der Waals surface area contributed by atoms with Gasteiger partial charge in [0.25, 0.3) is 0 Å². The lowest BCUT2D eigenvalue weighted by molar-refractivity contribution is 0.107. The molecule has 0 atom stereocenters. The van der Waals surface area contributed by atoms with Gasteiger partial charge in [0.05, 0.1) is 13.2 Å². The van der Waals surface area contributed by atoms with E-state index in [1.807, 2.05) is 83.6 Å². The molecule has 29 heavy (non-hydrogen) atoms. The molecule has 0 aliphatic rings. The Kier molecular flexibility index (Phi) is 6.64. The topological polar surface area (TPSA) is 49.7 Å². The molecule has 2 aromatic heterocycles. The van der Waals surface area contributed by atoms with Crippen molar-refractivity contribution in [2.24, 2.45) is 0 Å². The van der Waals surface area contributed by atoms with E-state index in [-0.39, 0.29) is 0 Å². The molecule has 0 saturated carbocycles. The van der Waals surface area contributed by atoms with Crippen molar-refractivity contribution < 1.29 is 14.8 Å². The smallest absolute Gasteiger partial charge is 0.369 e. The van der Waals surface area contributed by atoms with Crippen LogP contribution in [0.4, 0.5) is 0 Å². The minimum Gasteiger partial charge on any atom is -0.442 e. The van der Waals surface area contributed by atoms with Gasteiger partial charge in [-0.2, -0.15) is 22.7 Å². The van der Waals surface area contributed by atoms with Gasteiger partial charge in [-0.15, -0.1) is 0 Å². The van der Waals surface area contributed by atoms with Crippen molar-refractivity contribution in [1.82, 2.24) is 0 Å². The Hall–Kier alpha value is -2.15. The van der Waals surface area contributed by atoms with Crippen molar-refractivity contribution in [2.75, 3.05) is 0 Å². The number of rotatable bonds is 8. The van der Waals surface area contributed by atoms with Gasteiger partial charge in [-0.1, -0.05) is 72.8 Å². The minimum absolute atomic E-state index is 0.509. The first kappa shape index (κ1) is 20.1. The molecular formula is C22H20B2O3S2. The molecule has 0 radical (unpaired) electrons. The Bertz CT molecular complexity index is 918. The van der Waals surface area contributed by atoms with Crippen LogP contribution in [0.3, 0.4) is 0 Å². The number of ether oxygens (including phenoxy) is 1. The molecule has 3 nitrogen and oxygen atoms in total. The fourth-order valence-corrected chi connectivity index (χ4v) is 4.57. The average Bonchev–Trinajstić information content (AvgIpc) is 3.48. The highest BCUT2D eigenvalue weighted by atomic mass is 32.1. The lowest BCUT2D eigenvalue weighted by Crippen LogP contribution is -2.40. The number of hydrogen-bond donors (Lipinski definition) is 2. The predicted molar refractivity (Wildman–Crippen MR) is 124 cm³/mol. The zero-order chi connectivity index (χ0) is 20.1. The molecule has 4 aromatic rings. The summed E-state index contributed by atoms with van der Waals surface area (Å²) >= 11 is 3.11. The molecule has 0 aliphatic carbocycles. The van der Waals surface area contributed by atoms with E-state index in [4.69, 9.17) is 4.74 Å². The summed E-state index contributed by atoms with van der Waals surface area (Å²) in [6, 6.07) is 23.5. The lowest BCUT2D eigenvalue weighted by Gasteiger charge is -2.09. The summed E-state index contributed by atoms with van der Waals surface area (Å²) in [6.07, 6.45) is 0. The van der Waals surface area contributed by atoms with Gasteiger partial charge in [-0.05, 0) is 32.8 Å². The summed E-state index contributed by atoms with van der Waals surface area (Å²) in [5.41, 5.74) is 3.90. The maximum absolute atomic E-state index is 10.4.